The number of hydrogen-bond acceptors (Lipinski definition) is 4. The molecule has 1 aliphatic rings. The van der Waals surface area contributed by atoms with Gasteiger partial charge in [-0.25, -0.2) is 0 Å². The topological polar surface area (TPSA) is 62.4 Å². The number of amides is 1. The molecular formula is C17H20F3N3O2. The number of rotatable bonds is 6. The van der Waals surface area contributed by atoms with Gasteiger partial charge in [0.15, 0.2) is 6.61 Å². The molecule has 8 heteroatoms. The van der Waals surface area contributed by atoms with Crippen molar-refractivity contribution in [3.8, 4) is 5.75 Å². The largest absolute Gasteiger partial charge is 0.484 e. The van der Waals surface area contributed by atoms with E-state index >= 15 is 0 Å². The van der Waals surface area contributed by atoms with Crippen LogP contribution in [0.4, 0.5) is 13.2 Å². The second kappa shape index (κ2) is 7.96. The summed E-state index contributed by atoms with van der Waals surface area (Å²) in [7, 11) is 1.80. The summed E-state index contributed by atoms with van der Waals surface area (Å²) in [5.74, 6) is 0.614. The van der Waals surface area contributed by atoms with Crippen LogP contribution in [0.1, 0.15) is 17.3 Å². The number of carbonyl (C=O) groups is 1. The maximum Gasteiger partial charge on any atom is 0.422 e. The number of dihydropyridines is 1. The fourth-order valence-corrected chi connectivity index (χ4v) is 2.25. The zero-order valence-electron chi connectivity index (χ0n) is 13.9. The lowest BCUT2D eigenvalue weighted by Crippen LogP contribution is -2.36. The van der Waals surface area contributed by atoms with Gasteiger partial charge in [-0.2, -0.15) is 13.2 Å². The number of alkyl halides is 3. The van der Waals surface area contributed by atoms with Gasteiger partial charge in [-0.05, 0) is 42.8 Å². The van der Waals surface area contributed by atoms with Crippen molar-refractivity contribution in [2.75, 3.05) is 20.2 Å². The summed E-state index contributed by atoms with van der Waals surface area (Å²) in [4.78, 5) is 12.3. The Hall–Kier alpha value is -2.64. The van der Waals surface area contributed by atoms with Crippen LogP contribution in [0.5, 0.6) is 5.75 Å². The van der Waals surface area contributed by atoms with E-state index in [0.717, 1.165) is 11.4 Å². The highest BCUT2D eigenvalue weighted by Gasteiger charge is 2.28. The van der Waals surface area contributed by atoms with Crippen molar-refractivity contribution in [2.45, 2.75) is 19.1 Å². The third-order valence-electron chi connectivity index (χ3n) is 3.58. The number of ether oxygens (including phenoxy) is 1. The van der Waals surface area contributed by atoms with E-state index in [9.17, 15) is 18.0 Å². The number of carbonyl (C=O) groups excluding carboxylic acids is 1. The molecule has 0 spiro atoms. The highest BCUT2D eigenvalue weighted by molar-refractivity contribution is 5.94. The average molecular weight is 355 g/mol. The van der Waals surface area contributed by atoms with Crippen molar-refractivity contribution in [1.29, 1.82) is 0 Å². The fourth-order valence-electron chi connectivity index (χ4n) is 2.25. The zero-order chi connectivity index (χ0) is 18.4. The maximum absolute atomic E-state index is 12.3. The molecular weight excluding hydrogens is 335 g/mol. The second-order valence-corrected chi connectivity index (χ2v) is 5.52. The van der Waals surface area contributed by atoms with Crippen molar-refractivity contribution in [2.24, 2.45) is 0 Å². The molecule has 0 saturated heterocycles. The van der Waals surface area contributed by atoms with E-state index in [-0.39, 0.29) is 17.7 Å². The first kappa shape index (κ1) is 18.7. The lowest BCUT2D eigenvalue weighted by atomic mass is 10.1. The highest BCUT2D eigenvalue weighted by atomic mass is 19.4. The molecule has 0 fully saturated rings. The number of halogens is 3. The summed E-state index contributed by atoms with van der Waals surface area (Å²) in [6.07, 6.45) is -0.518. The van der Waals surface area contributed by atoms with Crippen molar-refractivity contribution < 1.29 is 22.7 Å². The molecule has 3 N–H and O–H groups in total. The minimum Gasteiger partial charge on any atom is -0.484 e. The molecule has 1 aromatic carbocycles. The lowest BCUT2D eigenvalue weighted by molar-refractivity contribution is -0.153. The zero-order valence-corrected chi connectivity index (χ0v) is 13.9. The molecule has 25 heavy (non-hydrogen) atoms. The van der Waals surface area contributed by atoms with E-state index in [4.69, 9.17) is 0 Å². The van der Waals surface area contributed by atoms with E-state index in [1.54, 1.807) is 7.05 Å². The number of hydrogen-bond donors (Lipinski definition) is 3. The van der Waals surface area contributed by atoms with Crippen molar-refractivity contribution in [3.05, 3.63) is 53.4 Å². The summed E-state index contributed by atoms with van der Waals surface area (Å²) < 4.78 is 41.0. The average Bonchev–Trinajstić information content (AvgIpc) is 2.59. The van der Waals surface area contributed by atoms with Gasteiger partial charge in [0.1, 0.15) is 5.75 Å². The van der Waals surface area contributed by atoms with Gasteiger partial charge >= 0.3 is 6.18 Å². The minimum absolute atomic E-state index is 0.0598. The van der Waals surface area contributed by atoms with Gasteiger partial charge in [0.2, 0.25) is 0 Å². The van der Waals surface area contributed by atoms with Gasteiger partial charge in [-0.3, -0.25) is 4.79 Å². The van der Waals surface area contributed by atoms with Crippen molar-refractivity contribution in [1.82, 2.24) is 16.0 Å². The third kappa shape index (κ3) is 5.74. The molecule has 1 amide bonds. The van der Waals surface area contributed by atoms with Crippen LogP contribution < -0.4 is 20.7 Å². The Morgan fingerprint density at radius 3 is 2.60 bits per heavy atom. The maximum atomic E-state index is 12.3. The monoisotopic (exact) mass is 355 g/mol. The van der Waals surface area contributed by atoms with E-state index < -0.39 is 12.8 Å². The summed E-state index contributed by atoms with van der Waals surface area (Å²) >= 11 is 0. The predicted octanol–water partition coefficient (Wildman–Crippen LogP) is 2.34. The SMILES string of the molecule is CNC1=CC(C(C)NC(=O)c2ccc(OCC(F)(F)F)cc2)=CCN1. The second-order valence-electron chi connectivity index (χ2n) is 5.52. The highest BCUT2D eigenvalue weighted by Crippen LogP contribution is 2.19. The van der Waals surface area contributed by atoms with Crippen LogP contribution in [0.25, 0.3) is 0 Å². The molecule has 0 radical (unpaired) electrons. The quantitative estimate of drug-likeness (QED) is 0.733. The Kier molecular flexibility index (Phi) is 5.95. The Balaban J connectivity index is 1.94. The van der Waals surface area contributed by atoms with Gasteiger partial charge in [0.25, 0.3) is 5.91 Å². The van der Waals surface area contributed by atoms with Crippen LogP contribution in [0.2, 0.25) is 0 Å². The van der Waals surface area contributed by atoms with Crippen LogP contribution in [-0.4, -0.2) is 38.3 Å². The van der Waals surface area contributed by atoms with E-state index in [2.05, 4.69) is 20.7 Å². The van der Waals surface area contributed by atoms with Crippen LogP contribution in [0, 0.1) is 0 Å². The molecule has 0 saturated carbocycles. The van der Waals surface area contributed by atoms with Gasteiger partial charge in [-0.15, -0.1) is 0 Å². The molecule has 0 bridgehead atoms. The van der Waals surface area contributed by atoms with Crippen molar-refractivity contribution >= 4 is 5.91 Å². The standard InChI is InChI=1S/C17H20F3N3O2/c1-11(13-7-8-22-15(9-13)21-2)23-16(24)12-3-5-14(6-4-12)25-10-17(18,19)20/h3-7,9,11,21-22H,8,10H2,1-2H3,(H,23,24). The van der Waals surface area contributed by atoms with Gasteiger partial charge in [0.05, 0.1) is 11.9 Å². The van der Waals surface area contributed by atoms with Gasteiger partial charge in [0, 0.05) is 19.2 Å². The molecule has 0 aromatic heterocycles. The molecule has 1 unspecified atom stereocenters. The smallest absolute Gasteiger partial charge is 0.422 e. The van der Waals surface area contributed by atoms with Crippen LogP contribution in [0.15, 0.2) is 47.8 Å². The first-order valence-electron chi connectivity index (χ1n) is 7.72. The molecule has 1 heterocycles. The molecule has 1 aliphatic heterocycles. The Bertz CT molecular complexity index is 667. The molecule has 2 rings (SSSR count). The van der Waals surface area contributed by atoms with E-state index in [1.807, 2.05) is 19.1 Å². The predicted molar refractivity (Wildman–Crippen MR) is 88.1 cm³/mol. The van der Waals surface area contributed by atoms with E-state index in [0.29, 0.717) is 12.1 Å². The minimum atomic E-state index is -4.40. The van der Waals surface area contributed by atoms with Crippen molar-refractivity contribution in [3.63, 3.8) is 0 Å². The number of nitrogens with one attached hydrogen (secondary N) is 3. The summed E-state index contributed by atoms with van der Waals surface area (Å²) in [6.45, 7) is 1.16. The molecule has 0 aliphatic carbocycles. The first-order chi connectivity index (χ1) is 11.8. The Labute approximate surface area is 143 Å². The van der Waals surface area contributed by atoms with Crippen LogP contribution in [-0.2, 0) is 0 Å². The number of benzene rings is 1. The Morgan fingerprint density at radius 2 is 2.00 bits per heavy atom. The molecule has 1 aromatic rings. The summed E-state index contributed by atoms with van der Waals surface area (Å²) in [5, 5.41) is 9.00. The fraction of sp³-hybridized carbons (Fsp3) is 0.353. The first-order valence-corrected chi connectivity index (χ1v) is 7.72. The summed E-state index contributed by atoms with van der Waals surface area (Å²) in [5.41, 5.74) is 1.31. The normalized spacial score (nSPS) is 15.4. The van der Waals surface area contributed by atoms with Crippen LogP contribution >= 0.6 is 0 Å². The molecule has 5 nitrogen and oxygen atoms in total. The summed E-state index contributed by atoms with van der Waals surface area (Å²) in [6, 6.07) is 5.33. The lowest BCUT2D eigenvalue weighted by Gasteiger charge is -2.21. The molecule has 136 valence electrons. The van der Waals surface area contributed by atoms with Crippen LogP contribution in [0.3, 0.4) is 0 Å². The third-order valence-corrected chi connectivity index (χ3v) is 3.58. The Morgan fingerprint density at radius 1 is 1.32 bits per heavy atom. The molecule has 1 atom stereocenters. The van der Waals surface area contributed by atoms with E-state index in [1.165, 1.54) is 24.3 Å². The van der Waals surface area contributed by atoms with Gasteiger partial charge < -0.3 is 20.7 Å². The van der Waals surface area contributed by atoms with Gasteiger partial charge in [-0.1, -0.05) is 6.08 Å².